The summed E-state index contributed by atoms with van der Waals surface area (Å²) in [5, 5.41) is 9.70. The Morgan fingerprint density at radius 1 is 1.06 bits per heavy atom. The number of hydrogen-bond acceptors (Lipinski definition) is 5. The van der Waals surface area contributed by atoms with E-state index in [9.17, 15) is 9.90 Å². The number of ether oxygens (including phenoxy) is 1. The van der Waals surface area contributed by atoms with Crippen LogP contribution in [0.4, 0.5) is 0 Å². The van der Waals surface area contributed by atoms with Crippen LogP contribution in [0.2, 0.25) is 0 Å². The number of phenols is 1. The van der Waals surface area contributed by atoms with E-state index < -0.39 is 0 Å². The molecule has 3 aromatic rings. The Hall–Kier alpha value is -3.41. The van der Waals surface area contributed by atoms with Gasteiger partial charge in [-0.15, -0.1) is 0 Å². The van der Waals surface area contributed by atoms with Gasteiger partial charge in [-0.2, -0.15) is 0 Å². The molecule has 0 atom stereocenters. The van der Waals surface area contributed by atoms with Crippen molar-refractivity contribution in [1.82, 2.24) is 14.9 Å². The van der Waals surface area contributed by atoms with Gasteiger partial charge in [0.1, 0.15) is 17.3 Å². The van der Waals surface area contributed by atoms with E-state index in [1.807, 2.05) is 35.2 Å². The fraction of sp³-hybridized carbons (Fsp3) is 0.320. The molecule has 0 radical (unpaired) electrons. The van der Waals surface area contributed by atoms with E-state index in [1.165, 1.54) is 0 Å². The minimum Gasteiger partial charge on any atom is -0.508 e. The molecule has 0 saturated heterocycles. The lowest BCUT2D eigenvalue weighted by molar-refractivity contribution is 0.0762. The summed E-state index contributed by atoms with van der Waals surface area (Å²) >= 11 is 0. The molecule has 1 N–H and O–H groups in total. The van der Waals surface area contributed by atoms with Crippen molar-refractivity contribution in [3.63, 3.8) is 0 Å². The van der Waals surface area contributed by atoms with Crippen molar-refractivity contribution < 1.29 is 14.6 Å². The number of rotatable bonds is 4. The molecule has 2 aliphatic rings. The molecule has 1 amide bonds. The molecule has 158 valence electrons. The Balaban J connectivity index is 1.46. The highest BCUT2D eigenvalue weighted by molar-refractivity contribution is 5.94. The van der Waals surface area contributed by atoms with Crippen molar-refractivity contribution in [2.75, 3.05) is 20.2 Å². The SMILES string of the molecule is COc1cccc(C(=O)N2CCc3nc(C4CC4)nc(-c4ccc(O)cc4)c3CC2)c1. The fourth-order valence-electron chi connectivity index (χ4n) is 4.14. The van der Waals surface area contributed by atoms with E-state index in [-0.39, 0.29) is 11.7 Å². The highest BCUT2D eigenvalue weighted by atomic mass is 16.5. The van der Waals surface area contributed by atoms with Crippen molar-refractivity contribution >= 4 is 5.91 Å². The Kier molecular flexibility index (Phi) is 5.06. The van der Waals surface area contributed by atoms with Gasteiger partial charge in [-0.3, -0.25) is 4.79 Å². The molecule has 5 rings (SSSR count). The van der Waals surface area contributed by atoms with Crippen molar-refractivity contribution in [3.05, 3.63) is 71.2 Å². The van der Waals surface area contributed by atoms with Gasteiger partial charge in [0, 0.05) is 47.8 Å². The molecule has 1 saturated carbocycles. The van der Waals surface area contributed by atoms with Crippen LogP contribution in [-0.2, 0) is 12.8 Å². The summed E-state index contributed by atoms with van der Waals surface area (Å²) in [6.45, 7) is 1.24. The Morgan fingerprint density at radius 2 is 1.84 bits per heavy atom. The van der Waals surface area contributed by atoms with E-state index in [0.717, 1.165) is 41.2 Å². The third-order valence-corrected chi connectivity index (χ3v) is 6.05. The first-order valence-electron chi connectivity index (χ1n) is 10.7. The van der Waals surface area contributed by atoms with Crippen LogP contribution in [-0.4, -0.2) is 46.1 Å². The minimum absolute atomic E-state index is 0.00765. The van der Waals surface area contributed by atoms with Gasteiger partial charge in [-0.05, 0) is 61.7 Å². The lowest BCUT2D eigenvalue weighted by Gasteiger charge is -2.20. The maximum atomic E-state index is 13.2. The predicted octanol–water partition coefficient (Wildman–Crippen LogP) is 3.98. The molecule has 2 aromatic carbocycles. The van der Waals surface area contributed by atoms with Crippen molar-refractivity contribution in [2.24, 2.45) is 0 Å². The van der Waals surface area contributed by atoms with Crippen molar-refractivity contribution in [2.45, 2.75) is 31.6 Å². The second-order valence-corrected chi connectivity index (χ2v) is 8.20. The third kappa shape index (κ3) is 3.98. The van der Waals surface area contributed by atoms with Gasteiger partial charge >= 0.3 is 0 Å². The zero-order chi connectivity index (χ0) is 21.4. The van der Waals surface area contributed by atoms with Crippen LogP contribution in [0.15, 0.2) is 48.5 Å². The molecular formula is C25H25N3O3. The number of carbonyl (C=O) groups is 1. The molecule has 6 nitrogen and oxygen atoms in total. The molecule has 1 aromatic heterocycles. The average Bonchev–Trinajstić information content (AvgIpc) is 3.66. The van der Waals surface area contributed by atoms with Gasteiger partial charge in [0.15, 0.2) is 0 Å². The van der Waals surface area contributed by atoms with E-state index in [2.05, 4.69) is 0 Å². The number of carbonyl (C=O) groups excluding carboxylic acids is 1. The predicted molar refractivity (Wildman–Crippen MR) is 117 cm³/mol. The van der Waals surface area contributed by atoms with Gasteiger partial charge < -0.3 is 14.7 Å². The lowest BCUT2D eigenvalue weighted by atomic mass is 10.0. The summed E-state index contributed by atoms with van der Waals surface area (Å²) in [6, 6.07) is 14.5. The number of aromatic hydroxyl groups is 1. The minimum atomic E-state index is 0.00765. The highest BCUT2D eigenvalue weighted by Crippen LogP contribution is 2.40. The molecule has 2 heterocycles. The maximum Gasteiger partial charge on any atom is 0.254 e. The molecule has 1 fully saturated rings. The van der Waals surface area contributed by atoms with Crippen LogP contribution >= 0.6 is 0 Å². The quantitative estimate of drug-likeness (QED) is 0.698. The number of benzene rings is 2. The number of phenolic OH excluding ortho intramolecular Hbond substituents is 1. The monoisotopic (exact) mass is 415 g/mol. The average molecular weight is 415 g/mol. The molecule has 31 heavy (non-hydrogen) atoms. The maximum absolute atomic E-state index is 13.2. The summed E-state index contributed by atoms with van der Waals surface area (Å²) in [4.78, 5) is 24.9. The summed E-state index contributed by atoms with van der Waals surface area (Å²) in [7, 11) is 1.60. The van der Waals surface area contributed by atoms with Gasteiger partial charge in [-0.1, -0.05) is 6.07 Å². The summed E-state index contributed by atoms with van der Waals surface area (Å²) in [5.41, 5.74) is 4.69. The van der Waals surface area contributed by atoms with Gasteiger partial charge in [0.05, 0.1) is 12.8 Å². The molecular weight excluding hydrogens is 390 g/mol. The normalized spacial score (nSPS) is 15.8. The van der Waals surface area contributed by atoms with Crippen LogP contribution < -0.4 is 4.74 Å². The second-order valence-electron chi connectivity index (χ2n) is 8.20. The van der Waals surface area contributed by atoms with Gasteiger partial charge in [0.25, 0.3) is 5.91 Å². The molecule has 0 bridgehead atoms. The van der Waals surface area contributed by atoms with Crippen LogP contribution in [0.5, 0.6) is 11.5 Å². The molecule has 6 heteroatoms. The topological polar surface area (TPSA) is 75.5 Å². The van der Waals surface area contributed by atoms with Crippen molar-refractivity contribution in [3.8, 4) is 22.8 Å². The largest absolute Gasteiger partial charge is 0.508 e. The molecule has 1 aliphatic carbocycles. The lowest BCUT2D eigenvalue weighted by Crippen LogP contribution is -2.33. The summed E-state index contributed by atoms with van der Waals surface area (Å²) in [5.74, 6) is 2.28. The summed E-state index contributed by atoms with van der Waals surface area (Å²) < 4.78 is 5.28. The van der Waals surface area contributed by atoms with Gasteiger partial charge in [0.2, 0.25) is 0 Å². The fourth-order valence-corrected chi connectivity index (χ4v) is 4.14. The number of amides is 1. The molecule has 0 unspecified atom stereocenters. The standard InChI is InChI=1S/C25H25N3O3/c1-31-20-4-2-3-18(15-20)25(30)28-13-11-21-22(12-14-28)26-24(17-5-6-17)27-23(21)16-7-9-19(29)10-8-16/h2-4,7-10,15,17,29H,5-6,11-14H2,1H3. The van der Waals surface area contributed by atoms with Crippen molar-refractivity contribution in [1.29, 1.82) is 0 Å². The smallest absolute Gasteiger partial charge is 0.254 e. The third-order valence-electron chi connectivity index (χ3n) is 6.05. The number of methoxy groups -OCH3 is 1. The Bertz CT molecular complexity index is 1120. The first-order valence-corrected chi connectivity index (χ1v) is 10.7. The van der Waals surface area contributed by atoms with Gasteiger partial charge in [-0.25, -0.2) is 9.97 Å². The molecule has 1 aliphatic heterocycles. The van der Waals surface area contributed by atoms with E-state index >= 15 is 0 Å². The van der Waals surface area contributed by atoms with Crippen LogP contribution in [0, 0.1) is 0 Å². The number of fused-ring (bicyclic) bond motifs is 1. The zero-order valence-electron chi connectivity index (χ0n) is 17.5. The number of nitrogens with zero attached hydrogens (tertiary/aromatic N) is 3. The first kappa shape index (κ1) is 19.5. The van der Waals surface area contributed by atoms with E-state index in [0.29, 0.717) is 43.2 Å². The first-order chi connectivity index (χ1) is 15.1. The Labute approximate surface area is 181 Å². The van der Waals surface area contributed by atoms with Crippen LogP contribution in [0.25, 0.3) is 11.3 Å². The molecule has 0 spiro atoms. The van der Waals surface area contributed by atoms with E-state index in [4.69, 9.17) is 14.7 Å². The second kappa shape index (κ2) is 8.02. The summed E-state index contributed by atoms with van der Waals surface area (Å²) in [6.07, 6.45) is 3.67. The van der Waals surface area contributed by atoms with Crippen LogP contribution in [0.1, 0.15) is 46.2 Å². The Morgan fingerprint density at radius 3 is 2.58 bits per heavy atom. The zero-order valence-corrected chi connectivity index (χ0v) is 17.5. The van der Waals surface area contributed by atoms with Crippen LogP contribution in [0.3, 0.4) is 0 Å². The highest BCUT2D eigenvalue weighted by Gasteiger charge is 2.30. The van der Waals surface area contributed by atoms with E-state index in [1.54, 1.807) is 25.3 Å². The number of hydrogen-bond donors (Lipinski definition) is 1. The number of aromatic nitrogens is 2.